The Bertz CT molecular complexity index is 577. The van der Waals surface area contributed by atoms with E-state index in [1.807, 2.05) is 17.0 Å². The van der Waals surface area contributed by atoms with Crippen molar-refractivity contribution in [2.45, 2.75) is 19.8 Å². The van der Waals surface area contributed by atoms with Crippen LogP contribution in [-0.2, 0) is 0 Å². The number of likely N-dealkylation sites (tertiary alicyclic amines) is 1. The van der Waals surface area contributed by atoms with E-state index in [0.29, 0.717) is 11.5 Å². The van der Waals surface area contributed by atoms with Crippen molar-refractivity contribution < 1.29 is 4.79 Å². The number of H-pyrrole nitrogens is 1. The van der Waals surface area contributed by atoms with Gasteiger partial charge in [0.15, 0.2) is 0 Å². The molecule has 1 unspecified atom stereocenters. The largest absolute Gasteiger partial charge is 0.338 e. The van der Waals surface area contributed by atoms with Gasteiger partial charge in [-0.15, -0.1) is 0 Å². The average molecular weight is 244 g/mol. The summed E-state index contributed by atoms with van der Waals surface area (Å²) in [5, 5.41) is 10.6. The normalized spacial score (nSPS) is 20.3. The molecule has 1 aliphatic rings. The van der Waals surface area contributed by atoms with Crippen molar-refractivity contribution in [3.8, 4) is 0 Å². The van der Waals surface area contributed by atoms with Crippen molar-refractivity contribution in [2.75, 3.05) is 13.1 Å². The molecule has 0 bridgehead atoms. The fraction of sp³-hybridized carbons (Fsp3) is 0.462. The number of aromatic nitrogens is 3. The number of hydrogen-bond acceptors (Lipinski definition) is 3. The van der Waals surface area contributed by atoms with Crippen molar-refractivity contribution in [1.29, 1.82) is 0 Å². The lowest BCUT2D eigenvalue weighted by Gasteiger charge is -2.31. The summed E-state index contributed by atoms with van der Waals surface area (Å²) in [6.45, 7) is 3.91. The lowest BCUT2D eigenvalue weighted by molar-refractivity contribution is 0.0683. The van der Waals surface area contributed by atoms with Crippen LogP contribution in [0.25, 0.3) is 11.0 Å². The molecule has 1 aromatic carbocycles. The zero-order valence-corrected chi connectivity index (χ0v) is 10.4. The van der Waals surface area contributed by atoms with E-state index >= 15 is 0 Å². The Balaban J connectivity index is 1.86. The summed E-state index contributed by atoms with van der Waals surface area (Å²) in [5.41, 5.74) is 2.23. The average Bonchev–Trinajstić information content (AvgIpc) is 2.85. The van der Waals surface area contributed by atoms with Crippen LogP contribution in [0.3, 0.4) is 0 Å². The number of amides is 1. The van der Waals surface area contributed by atoms with E-state index in [2.05, 4.69) is 22.3 Å². The number of carbonyl (C=O) groups excluding carboxylic acids is 1. The molecular formula is C13H16N4O. The van der Waals surface area contributed by atoms with Crippen LogP contribution in [-0.4, -0.2) is 39.3 Å². The number of nitrogens with one attached hydrogen (secondary N) is 1. The molecule has 3 rings (SSSR count). The molecule has 1 amide bonds. The Hall–Kier alpha value is -1.91. The number of hydrogen-bond donors (Lipinski definition) is 1. The highest BCUT2D eigenvalue weighted by atomic mass is 16.2. The molecule has 1 aliphatic heterocycles. The summed E-state index contributed by atoms with van der Waals surface area (Å²) in [4.78, 5) is 14.3. The topological polar surface area (TPSA) is 61.9 Å². The van der Waals surface area contributed by atoms with Crippen LogP contribution in [0.2, 0.25) is 0 Å². The summed E-state index contributed by atoms with van der Waals surface area (Å²) < 4.78 is 0. The number of benzene rings is 1. The molecule has 94 valence electrons. The molecule has 0 saturated carbocycles. The first-order chi connectivity index (χ1) is 8.74. The van der Waals surface area contributed by atoms with Crippen molar-refractivity contribution >= 4 is 16.9 Å². The van der Waals surface area contributed by atoms with Crippen LogP contribution in [0, 0.1) is 5.92 Å². The number of piperidine rings is 1. The quantitative estimate of drug-likeness (QED) is 0.832. The van der Waals surface area contributed by atoms with E-state index in [9.17, 15) is 4.79 Å². The monoisotopic (exact) mass is 244 g/mol. The Labute approximate surface area is 105 Å². The van der Waals surface area contributed by atoms with Crippen LogP contribution in [0.4, 0.5) is 0 Å². The number of fused-ring (bicyclic) bond motifs is 1. The van der Waals surface area contributed by atoms with E-state index in [1.165, 1.54) is 6.42 Å². The van der Waals surface area contributed by atoms with E-state index in [1.54, 1.807) is 6.07 Å². The molecule has 0 radical (unpaired) electrons. The standard InChI is InChI=1S/C13H16N4O/c1-9-3-2-6-17(8-9)13(18)10-4-5-11-12(7-10)15-16-14-11/h4-5,7,9H,2-3,6,8H2,1H3,(H,14,15,16). The van der Waals surface area contributed by atoms with Crippen molar-refractivity contribution in [1.82, 2.24) is 20.3 Å². The Morgan fingerprint density at radius 3 is 3.06 bits per heavy atom. The third-order valence-corrected chi connectivity index (χ3v) is 3.51. The van der Waals surface area contributed by atoms with E-state index in [0.717, 1.165) is 30.5 Å². The maximum absolute atomic E-state index is 12.4. The van der Waals surface area contributed by atoms with Crippen LogP contribution < -0.4 is 0 Å². The van der Waals surface area contributed by atoms with E-state index < -0.39 is 0 Å². The first-order valence-electron chi connectivity index (χ1n) is 6.34. The first-order valence-corrected chi connectivity index (χ1v) is 6.34. The van der Waals surface area contributed by atoms with E-state index in [4.69, 9.17) is 0 Å². The molecule has 1 aromatic heterocycles. The zero-order valence-electron chi connectivity index (χ0n) is 10.4. The van der Waals surface area contributed by atoms with Crippen LogP contribution in [0.1, 0.15) is 30.1 Å². The SMILES string of the molecule is CC1CCCN(C(=O)c2ccc3n[nH]nc3c2)C1. The molecule has 2 heterocycles. The van der Waals surface area contributed by atoms with Gasteiger partial charge in [0.2, 0.25) is 0 Å². The Kier molecular flexibility index (Phi) is 2.74. The van der Waals surface area contributed by atoms with Crippen LogP contribution in [0.15, 0.2) is 18.2 Å². The molecule has 5 heteroatoms. The predicted octanol–water partition coefficient (Wildman–Crippen LogP) is 1.83. The highest BCUT2D eigenvalue weighted by Gasteiger charge is 2.22. The molecule has 18 heavy (non-hydrogen) atoms. The lowest BCUT2D eigenvalue weighted by Crippen LogP contribution is -2.39. The van der Waals surface area contributed by atoms with Crippen molar-refractivity contribution in [3.63, 3.8) is 0 Å². The van der Waals surface area contributed by atoms with Gasteiger partial charge < -0.3 is 4.90 Å². The summed E-state index contributed by atoms with van der Waals surface area (Å²) in [5.74, 6) is 0.699. The minimum atomic E-state index is 0.103. The number of aromatic amines is 1. The fourth-order valence-corrected chi connectivity index (χ4v) is 2.53. The summed E-state index contributed by atoms with van der Waals surface area (Å²) in [6, 6.07) is 5.46. The van der Waals surface area contributed by atoms with E-state index in [-0.39, 0.29) is 5.91 Å². The second-order valence-corrected chi connectivity index (χ2v) is 5.03. The molecule has 1 atom stereocenters. The van der Waals surface area contributed by atoms with Gasteiger partial charge in [-0.25, -0.2) is 0 Å². The maximum atomic E-state index is 12.4. The van der Waals surface area contributed by atoms with Crippen molar-refractivity contribution in [2.24, 2.45) is 5.92 Å². The van der Waals surface area contributed by atoms with Gasteiger partial charge in [0.1, 0.15) is 11.0 Å². The van der Waals surface area contributed by atoms with Gasteiger partial charge >= 0.3 is 0 Å². The molecular weight excluding hydrogens is 228 g/mol. The van der Waals surface area contributed by atoms with Gasteiger partial charge in [0.05, 0.1) is 0 Å². The summed E-state index contributed by atoms with van der Waals surface area (Å²) in [7, 11) is 0. The van der Waals surface area contributed by atoms with Gasteiger partial charge in [-0.1, -0.05) is 6.92 Å². The molecule has 1 saturated heterocycles. The van der Waals surface area contributed by atoms with Gasteiger partial charge in [-0.05, 0) is 37.0 Å². The molecule has 1 N–H and O–H groups in total. The molecule has 1 fully saturated rings. The molecule has 0 aliphatic carbocycles. The molecule has 5 nitrogen and oxygen atoms in total. The van der Waals surface area contributed by atoms with Gasteiger partial charge in [0.25, 0.3) is 5.91 Å². The number of nitrogens with zero attached hydrogens (tertiary/aromatic N) is 3. The first kappa shape index (κ1) is 11.2. The summed E-state index contributed by atoms with van der Waals surface area (Å²) in [6.07, 6.45) is 2.31. The van der Waals surface area contributed by atoms with Crippen LogP contribution >= 0.6 is 0 Å². The zero-order chi connectivity index (χ0) is 12.5. The lowest BCUT2D eigenvalue weighted by atomic mass is 9.99. The highest BCUT2D eigenvalue weighted by molar-refractivity contribution is 5.97. The van der Waals surface area contributed by atoms with Crippen LogP contribution in [0.5, 0.6) is 0 Å². The second-order valence-electron chi connectivity index (χ2n) is 5.03. The maximum Gasteiger partial charge on any atom is 0.253 e. The number of carbonyl (C=O) groups is 1. The van der Waals surface area contributed by atoms with Crippen molar-refractivity contribution in [3.05, 3.63) is 23.8 Å². The fourth-order valence-electron chi connectivity index (χ4n) is 2.53. The minimum Gasteiger partial charge on any atom is -0.338 e. The Morgan fingerprint density at radius 2 is 2.22 bits per heavy atom. The van der Waals surface area contributed by atoms with Gasteiger partial charge in [-0.2, -0.15) is 15.4 Å². The summed E-state index contributed by atoms with van der Waals surface area (Å²) >= 11 is 0. The Morgan fingerprint density at radius 1 is 1.39 bits per heavy atom. The number of rotatable bonds is 1. The van der Waals surface area contributed by atoms with Gasteiger partial charge in [-0.3, -0.25) is 4.79 Å². The predicted molar refractivity (Wildman–Crippen MR) is 68.2 cm³/mol. The minimum absolute atomic E-state index is 0.103. The third-order valence-electron chi connectivity index (χ3n) is 3.51. The smallest absolute Gasteiger partial charge is 0.253 e. The molecule has 2 aromatic rings. The second kappa shape index (κ2) is 4.40. The third kappa shape index (κ3) is 1.96. The van der Waals surface area contributed by atoms with Gasteiger partial charge in [0, 0.05) is 18.7 Å². The molecule has 0 spiro atoms. The highest BCUT2D eigenvalue weighted by Crippen LogP contribution is 2.19.